The van der Waals surface area contributed by atoms with Gasteiger partial charge in [0, 0.05) is 24.7 Å². The molecule has 0 N–H and O–H groups in total. The summed E-state index contributed by atoms with van der Waals surface area (Å²) in [5.41, 5.74) is 1.01. The Bertz CT molecular complexity index is 757. The maximum Gasteiger partial charge on any atom is 0.312 e. The van der Waals surface area contributed by atoms with E-state index in [2.05, 4.69) is 10.2 Å². The van der Waals surface area contributed by atoms with Crippen LogP contribution in [0.15, 0.2) is 30.3 Å². The SMILES string of the molecule is O=C1C(=O)N(C2CCC2)CCN1Cc1nnc(-c2ccccc2)s1. The van der Waals surface area contributed by atoms with Gasteiger partial charge in [-0.15, -0.1) is 10.2 Å². The maximum absolute atomic E-state index is 12.4. The third-order valence-corrected chi connectivity index (χ3v) is 5.63. The number of nitrogens with zero attached hydrogens (tertiary/aromatic N) is 4. The molecule has 1 saturated heterocycles. The summed E-state index contributed by atoms with van der Waals surface area (Å²) >= 11 is 1.46. The molecule has 124 valence electrons. The van der Waals surface area contributed by atoms with Crippen LogP contribution in [0.25, 0.3) is 10.6 Å². The van der Waals surface area contributed by atoms with Crippen LogP contribution in [-0.4, -0.2) is 50.9 Å². The normalized spacial score (nSPS) is 18.8. The van der Waals surface area contributed by atoms with Crippen molar-refractivity contribution in [3.8, 4) is 10.6 Å². The second-order valence-electron chi connectivity index (χ2n) is 6.18. The van der Waals surface area contributed by atoms with E-state index in [1.54, 1.807) is 9.80 Å². The summed E-state index contributed by atoms with van der Waals surface area (Å²) in [6.07, 6.45) is 3.20. The predicted octanol–water partition coefficient (Wildman–Crippen LogP) is 1.93. The molecule has 0 spiro atoms. The van der Waals surface area contributed by atoms with Gasteiger partial charge in [0.1, 0.15) is 10.0 Å². The fourth-order valence-corrected chi connectivity index (χ4v) is 3.93. The zero-order valence-electron chi connectivity index (χ0n) is 13.2. The summed E-state index contributed by atoms with van der Waals surface area (Å²) in [6, 6.07) is 10.1. The fraction of sp³-hybridized carbons (Fsp3) is 0.412. The predicted molar refractivity (Wildman–Crippen MR) is 90.1 cm³/mol. The van der Waals surface area contributed by atoms with Gasteiger partial charge in [-0.3, -0.25) is 9.59 Å². The average Bonchev–Trinajstić information content (AvgIpc) is 3.02. The van der Waals surface area contributed by atoms with Gasteiger partial charge >= 0.3 is 11.8 Å². The number of rotatable bonds is 4. The molecular weight excluding hydrogens is 324 g/mol. The Morgan fingerprint density at radius 2 is 1.83 bits per heavy atom. The van der Waals surface area contributed by atoms with Crippen LogP contribution >= 0.6 is 11.3 Å². The van der Waals surface area contributed by atoms with Crippen LogP contribution in [0.5, 0.6) is 0 Å². The summed E-state index contributed by atoms with van der Waals surface area (Å²) in [4.78, 5) is 28.0. The Labute approximate surface area is 144 Å². The molecule has 1 aromatic heterocycles. The smallest absolute Gasteiger partial charge is 0.312 e. The highest BCUT2D eigenvalue weighted by Gasteiger charge is 2.38. The quantitative estimate of drug-likeness (QED) is 0.796. The molecule has 2 aromatic rings. The number of aromatic nitrogens is 2. The minimum Gasteiger partial charge on any atom is -0.330 e. The van der Waals surface area contributed by atoms with Gasteiger partial charge < -0.3 is 9.80 Å². The molecule has 2 heterocycles. The number of hydrogen-bond acceptors (Lipinski definition) is 5. The highest BCUT2D eigenvalue weighted by atomic mass is 32.1. The van der Waals surface area contributed by atoms with Gasteiger partial charge in [-0.1, -0.05) is 41.7 Å². The first kappa shape index (κ1) is 15.3. The highest BCUT2D eigenvalue weighted by molar-refractivity contribution is 7.14. The van der Waals surface area contributed by atoms with E-state index in [1.807, 2.05) is 30.3 Å². The molecule has 0 atom stereocenters. The van der Waals surface area contributed by atoms with Crippen LogP contribution < -0.4 is 0 Å². The van der Waals surface area contributed by atoms with Crippen molar-refractivity contribution in [3.63, 3.8) is 0 Å². The lowest BCUT2D eigenvalue weighted by Crippen LogP contribution is -2.58. The van der Waals surface area contributed by atoms with Gasteiger partial charge in [0.15, 0.2) is 0 Å². The second kappa shape index (κ2) is 6.32. The molecule has 1 saturated carbocycles. The number of benzene rings is 1. The van der Waals surface area contributed by atoms with E-state index < -0.39 is 5.91 Å². The van der Waals surface area contributed by atoms with E-state index in [0.29, 0.717) is 19.6 Å². The van der Waals surface area contributed by atoms with Crippen LogP contribution in [0.2, 0.25) is 0 Å². The van der Waals surface area contributed by atoms with E-state index in [9.17, 15) is 9.59 Å². The van der Waals surface area contributed by atoms with Crippen molar-refractivity contribution in [2.75, 3.05) is 13.1 Å². The lowest BCUT2D eigenvalue weighted by Gasteiger charge is -2.41. The van der Waals surface area contributed by atoms with Crippen molar-refractivity contribution in [3.05, 3.63) is 35.3 Å². The van der Waals surface area contributed by atoms with Gasteiger partial charge in [0.25, 0.3) is 0 Å². The van der Waals surface area contributed by atoms with Crippen molar-refractivity contribution in [1.82, 2.24) is 20.0 Å². The molecule has 1 aromatic carbocycles. The van der Waals surface area contributed by atoms with E-state index >= 15 is 0 Å². The Morgan fingerprint density at radius 3 is 2.54 bits per heavy atom. The number of hydrogen-bond donors (Lipinski definition) is 0. The first-order chi connectivity index (χ1) is 11.7. The largest absolute Gasteiger partial charge is 0.330 e. The molecular formula is C17H18N4O2S. The summed E-state index contributed by atoms with van der Waals surface area (Å²) in [5, 5.41) is 9.96. The lowest BCUT2D eigenvalue weighted by atomic mass is 9.91. The molecule has 0 bridgehead atoms. The molecule has 0 unspecified atom stereocenters. The Kier molecular flexibility index (Phi) is 4.02. The average molecular weight is 342 g/mol. The molecule has 0 radical (unpaired) electrons. The van der Waals surface area contributed by atoms with E-state index in [0.717, 1.165) is 34.8 Å². The van der Waals surface area contributed by atoms with Gasteiger partial charge in [-0.05, 0) is 19.3 Å². The molecule has 6 nitrogen and oxygen atoms in total. The lowest BCUT2D eigenvalue weighted by molar-refractivity contribution is -0.159. The zero-order chi connectivity index (χ0) is 16.5. The minimum atomic E-state index is -0.412. The summed E-state index contributed by atoms with van der Waals surface area (Å²) in [5.74, 6) is -0.775. The van der Waals surface area contributed by atoms with Gasteiger partial charge in [0.05, 0.1) is 6.54 Å². The molecule has 2 amide bonds. The van der Waals surface area contributed by atoms with Crippen LogP contribution in [0.3, 0.4) is 0 Å². The van der Waals surface area contributed by atoms with E-state index in [-0.39, 0.29) is 11.9 Å². The molecule has 24 heavy (non-hydrogen) atoms. The minimum absolute atomic E-state index is 0.273. The summed E-state index contributed by atoms with van der Waals surface area (Å²) in [7, 11) is 0. The van der Waals surface area contributed by atoms with E-state index in [1.165, 1.54) is 11.3 Å². The summed E-state index contributed by atoms with van der Waals surface area (Å²) < 4.78 is 0. The standard InChI is InChI=1S/C17H18N4O2S/c22-16-17(23)21(13-7-4-8-13)10-9-20(16)11-14-18-19-15(24-14)12-5-2-1-3-6-12/h1-3,5-6,13H,4,7-11H2. The highest BCUT2D eigenvalue weighted by Crippen LogP contribution is 2.28. The van der Waals surface area contributed by atoms with Crippen LogP contribution in [0.4, 0.5) is 0 Å². The molecule has 1 aliphatic carbocycles. The van der Waals surface area contributed by atoms with Gasteiger partial charge in [-0.25, -0.2) is 0 Å². The molecule has 2 fully saturated rings. The van der Waals surface area contributed by atoms with Crippen LogP contribution in [0, 0.1) is 0 Å². The number of amides is 2. The Morgan fingerprint density at radius 1 is 1.04 bits per heavy atom. The first-order valence-electron chi connectivity index (χ1n) is 8.20. The maximum atomic E-state index is 12.4. The van der Waals surface area contributed by atoms with Crippen molar-refractivity contribution >= 4 is 23.2 Å². The Hall–Kier alpha value is -2.28. The molecule has 4 rings (SSSR count). The third kappa shape index (κ3) is 2.80. The van der Waals surface area contributed by atoms with Gasteiger partial charge in [0.2, 0.25) is 0 Å². The molecule has 2 aliphatic rings. The molecule has 7 heteroatoms. The van der Waals surface area contributed by atoms with Crippen LogP contribution in [0.1, 0.15) is 24.3 Å². The number of carbonyl (C=O) groups is 2. The zero-order valence-corrected chi connectivity index (χ0v) is 14.0. The van der Waals surface area contributed by atoms with Crippen molar-refractivity contribution in [2.24, 2.45) is 0 Å². The topological polar surface area (TPSA) is 66.4 Å². The summed E-state index contributed by atoms with van der Waals surface area (Å²) in [6.45, 7) is 1.55. The Balaban J connectivity index is 1.43. The van der Waals surface area contributed by atoms with Crippen LogP contribution in [-0.2, 0) is 16.1 Å². The van der Waals surface area contributed by atoms with Crippen molar-refractivity contribution < 1.29 is 9.59 Å². The number of piperazine rings is 1. The number of carbonyl (C=O) groups excluding carboxylic acids is 2. The molecule has 1 aliphatic heterocycles. The second-order valence-corrected chi connectivity index (χ2v) is 7.24. The third-order valence-electron chi connectivity index (χ3n) is 4.67. The monoisotopic (exact) mass is 342 g/mol. The fourth-order valence-electron chi connectivity index (χ4n) is 3.07. The van der Waals surface area contributed by atoms with Gasteiger partial charge in [-0.2, -0.15) is 0 Å². The van der Waals surface area contributed by atoms with Crippen molar-refractivity contribution in [1.29, 1.82) is 0 Å². The first-order valence-corrected chi connectivity index (χ1v) is 9.02. The van der Waals surface area contributed by atoms with Crippen molar-refractivity contribution in [2.45, 2.75) is 31.8 Å². The van der Waals surface area contributed by atoms with E-state index in [4.69, 9.17) is 0 Å².